The zero-order valence-electron chi connectivity index (χ0n) is 18.8. The van der Waals surface area contributed by atoms with Gasteiger partial charge in [-0.15, -0.1) is 0 Å². The minimum Gasteiger partial charge on any atom is -0.303 e. The zero-order valence-corrected chi connectivity index (χ0v) is 18.8. The molecule has 0 N–H and O–H groups in total. The van der Waals surface area contributed by atoms with E-state index in [1.54, 1.807) is 18.1 Å². The third-order valence-electron chi connectivity index (χ3n) is 7.02. The summed E-state index contributed by atoms with van der Waals surface area (Å²) in [6.07, 6.45) is 8.16. The number of Topliss-reactive ketones (excluding diaryl/α,β-unsaturated/α-hetero) is 1. The van der Waals surface area contributed by atoms with E-state index >= 15 is 0 Å². The summed E-state index contributed by atoms with van der Waals surface area (Å²) < 4.78 is 0. The van der Waals surface area contributed by atoms with Gasteiger partial charge in [0.15, 0.2) is 5.78 Å². The molecule has 1 fully saturated rings. The van der Waals surface area contributed by atoms with Gasteiger partial charge >= 0.3 is 0 Å². The third kappa shape index (κ3) is 5.17. The summed E-state index contributed by atoms with van der Waals surface area (Å²) in [5.41, 5.74) is 7.06. The van der Waals surface area contributed by atoms with Crippen molar-refractivity contribution in [3.8, 4) is 0 Å². The molecule has 1 aliphatic heterocycles. The molecule has 0 atom stereocenters. The Morgan fingerprint density at radius 1 is 1.00 bits per heavy atom. The Morgan fingerprint density at radius 3 is 2.38 bits per heavy atom. The largest absolute Gasteiger partial charge is 0.303 e. The predicted octanol–water partition coefficient (Wildman–Crippen LogP) is 6.27. The standard InChI is InChI=1S/C17H25N.C10H12O/c1-2-3-12-18-13-10-17(11-14-18)9-8-15-6-4-5-7-16(15)17;1-7-4-5-10(9(3)11)6-8(7)2/h4-7H,2-3,8-14H2,1H3;4-6H,1-3H3. The van der Waals surface area contributed by atoms with Crippen LogP contribution in [0.2, 0.25) is 0 Å². The topological polar surface area (TPSA) is 20.3 Å². The second-order valence-corrected chi connectivity index (χ2v) is 8.99. The number of carbonyl (C=O) groups is 1. The van der Waals surface area contributed by atoms with Crippen LogP contribution in [0.5, 0.6) is 0 Å². The van der Waals surface area contributed by atoms with Gasteiger partial charge in [-0.05, 0) is 106 Å². The van der Waals surface area contributed by atoms with Gasteiger partial charge in [0, 0.05) is 5.56 Å². The van der Waals surface area contributed by atoms with Gasteiger partial charge in [-0.25, -0.2) is 0 Å². The Hall–Kier alpha value is -1.93. The zero-order chi connectivity index (χ0) is 20.9. The summed E-state index contributed by atoms with van der Waals surface area (Å²) in [5, 5.41) is 0. The van der Waals surface area contributed by atoms with E-state index in [9.17, 15) is 4.79 Å². The van der Waals surface area contributed by atoms with Gasteiger partial charge in [-0.2, -0.15) is 0 Å². The summed E-state index contributed by atoms with van der Waals surface area (Å²) in [4.78, 5) is 13.6. The van der Waals surface area contributed by atoms with Crippen LogP contribution in [0.3, 0.4) is 0 Å². The van der Waals surface area contributed by atoms with Crippen LogP contribution in [-0.4, -0.2) is 30.3 Å². The molecule has 156 valence electrons. The van der Waals surface area contributed by atoms with Crippen molar-refractivity contribution in [1.82, 2.24) is 4.90 Å². The van der Waals surface area contributed by atoms with Crippen LogP contribution in [-0.2, 0) is 11.8 Å². The Bertz CT molecular complexity index is 830. The maximum Gasteiger partial charge on any atom is 0.159 e. The van der Waals surface area contributed by atoms with Crippen molar-refractivity contribution in [2.45, 2.75) is 71.6 Å². The van der Waals surface area contributed by atoms with Crippen molar-refractivity contribution >= 4 is 5.78 Å². The number of nitrogens with zero attached hydrogens (tertiary/aromatic N) is 1. The lowest BCUT2D eigenvalue weighted by atomic mass is 9.74. The van der Waals surface area contributed by atoms with Crippen LogP contribution in [0.25, 0.3) is 0 Å². The fourth-order valence-electron chi connectivity index (χ4n) is 4.83. The number of aryl methyl sites for hydroxylation is 3. The number of rotatable bonds is 4. The molecule has 2 aromatic rings. The summed E-state index contributed by atoms with van der Waals surface area (Å²) in [5.74, 6) is 0.133. The first-order valence-electron chi connectivity index (χ1n) is 11.3. The predicted molar refractivity (Wildman–Crippen MR) is 123 cm³/mol. The van der Waals surface area contributed by atoms with E-state index in [2.05, 4.69) is 36.1 Å². The van der Waals surface area contributed by atoms with Crippen molar-refractivity contribution in [2.75, 3.05) is 19.6 Å². The van der Waals surface area contributed by atoms with E-state index in [0.29, 0.717) is 5.41 Å². The second-order valence-electron chi connectivity index (χ2n) is 8.99. The highest BCUT2D eigenvalue weighted by Crippen LogP contribution is 2.46. The average Bonchev–Trinajstić information content (AvgIpc) is 3.08. The number of unbranched alkanes of at least 4 members (excludes halogenated alkanes) is 1. The molecule has 4 rings (SSSR count). The molecule has 0 bridgehead atoms. The number of ketones is 1. The fourth-order valence-corrected chi connectivity index (χ4v) is 4.83. The second kappa shape index (κ2) is 9.71. The number of hydrogen-bond donors (Lipinski definition) is 0. The minimum atomic E-state index is 0.133. The smallest absolute Gasteiger partial charge is 0.159 e. The normalized spacial score (nSPS) is 17.5. The molecule has 0 aromatic heterocycles. The molecule has 1 heterocycles. The Labute approximate surface area is 177 Å². The molecule has 1 aliphatic carbocycles. The molecule has 1 spiro atoms. The first-order valence-corrected chi connectivity index (χ1v) is 11.3. The van der Waals surface area contributed by atoms with Gasteiger partial charge in [0.05, 0.1) is 0 Å². The Balaban J connectivity index is 0.000000188. The molecular weight excluding hydrogens is 354 g/mol. The lowest BCUT2D eigenvalue weighted by Gasteiger charge is -2.40. The lowest BCUT2D eigenvalue weighted by molar-refractivity contribution is 0.101. The molecule has 2 aliphatic rings. The maximum atomic E-state index is 10.9. The molecule has 1 saturated heterocycles. The monoisotopic (exact) mass is 391 g/mol. The quantitative estimate of drug-likeness (QED) is 0.572. The first-order chi connectivity index (χ1) is 13.9. The molecule has 0 unspecified atom stereocenters. The van der Waals surface area contributed by atoms with Crippen LogP contribution in [0, 0.1) is 13.8 Å². The molecule has 2 nitrogen and oxygen atoms in total. The lowest BCUT2D eigenvalue weighted by Crippen LogP contribution is -2.41. The van der Waals surface area contributed by atoms with Gasteiger partial charge in [-0.3, -0.25) is 4.79 Å². The van der Waals surface area contributed by atoms with Crippen LogP contribution in [0.15, 0.2) is 42.5 Å². The fraction of sp³-hybridized carbons (Fsp3) is 0.519. The highest BCUT2D eigenvalue weighted by Gasteiger charge is 2.40. The van der Waals surface area contributed by atoms with Crippen LogP contribution >= 0.6 is 0 Å². The van der Waals surface area contributed by atoms with E-state index < -0.39 is 0 Å². The van der Waals surface area contributed by atoms with E-state index in [1.807, 2.05) is 32.0 Å². The number of carbonyl (C=O) groups excluding carboxylic acids is 1. The van der Waals surface area contributed by atoms with Crippen molar-refractivity contribution < 1.29 is 4.79 Å². The summed E-state index contributed by atoms with van der Waals surface area (Å²) in [6, 6.07) is 14.9. The first kappa shape index (κ1) is 21.8. The Morgan fingerprint density at radius 2 is 1.72 bits per heavy atom. The van der Waals surface area contributed by atoms with Gasteiger partial charge in [0.2, 0.25) is 0 Å². The molecule has 0 radical (unpaired) electrons. The minimum absolute atomic E-state index is 0.133. The molecule has 0 saturated carbocycles. The van der Waals surface area contributed by atoms with Crippen LogP contribution < -0.4 is 0 Å². The van der Waals surface area contributed by atoms with Gasteiger partial charge in [-0.1, -0.05) is 49.7 Å². The maximum absolute atomic E-state index is 10.9. The summed E-state index contributed by atoms with van der Waals surface area (Å²) in [7, 11) is 0. The van der Waals surface area contributed by atoms with E-state index in [1.165, 1.54) is 69.3 Å². The van der Waals surface area contributed by atoms with Crippen molar-refractivity contribution in [3.05, 3.63) is 70.3 Å². The van der Waals surface area contributed by atoms with E-state index in [-0.39, 0.29) is 5.78 Å². The highest BCUT2D eigenvalue weighted by atomic mass is 16.1. The van der Waals surface area contributed by atoms with Gasteiger partial charge in [0.1, 0.15) is 0 Å². The molecular formula is C27H37NO. The number of hydrogen-bond acceptors (Lipinski definition) is 2. The van der Waals surface area contributed by atoms with E-state index in [4.69, 9.17) is 0 Å². The number of fused-ring (bicyclic) bond motifs is 2. The Kier molecular flexibility index (Phi) is 7.29. The van der Waals surface area contributed by atoms with Crippen molar-refractivity contribution in [3.63, 3.8) is 0 Å². The summed E-state index contributed by atoms with van der Waals surface area (Å²) in [6.45, 7) is 11.9. The van der Waals surface area contributed by atoms with Crippen LogP contribution in [0.1, 0.15) is 78.6 Å². The van der Waals surface area contributed by atoms with Gasteiger partial charge in [0.25, 0.3) is 0 Å². The molecule has 2 aromatic carbocycles. The highest BCUT2D eigenvalue weighted by molar-refractivity contribution is 5.94. The average molecular weight is 392 g/mol. The van der Waals surface area contributed by atoms with Crippen molar-refractivity contribution in [2.24, 2.45) is 0 Å². The molecule has 29 heavy (non-hydrogen) atoms. The van der Waals surface area contributed by atoms with Gasteiger partial charge < -0.3 is 4.90 Å². The van der Waals surface area contributed by atoms with Crippen molar-refractivity contribution in [1.29, 1.82) is 0 Å². The number of piperidine rings is 1. The third-order valence-corrected chi connectivity index (χ3v) is 7.02. The number of likely N-dealkylation sites (tertiary alicyclic amines) is 1. The molecule has 2 heteroatoms. The SMILES string of the molecule is CC(=O)c1ccc(C)c(C)c1.CCCCN1CCC2(CCc3ccccc32)CC1. The summed E-state index contributed by atoms with van der Waals surface area (Å²) >= 11 is 0. The van der Waals surface area contributed by atoms with E-state index in [0.717, 1.165) is 5.56 Å². The number of benzene rings is 2. The van der Waals surface area contributed by atoms with Crippen LogP contribution in [0.4, 0.5) is 0 Å². The molecule has 0 amide bonds.